The summed E-state index contributed by atoms with van der Waals surface area (Å²) < 4.78 is 10.5. The van der Waals surface area contributed by atoms with Crippen LogP contribution in [0.2, 0.25) is 0 Å². The van der Waals surface area contributed by atoms with Crippen LogP contribution < -0.4 is 0 Å². The number of ether oxygens (including phenoxy) is 2. The molecule has 0 amide bonds. The van der Waals surface area contributed by atoms with Crippen LogP contribution >= 0.6 is 0 Å². The molecule has 0 aromatic heterocycles. The van der Waals surface area contributed by atoms with Crippen LogP contribution in [0.25, 0.3) is 0 Å². The Kier molecular flexibility index (Phi) is 3.47. The second kappa shape index (κ2) is 4.47. The predicted octanol–water partition coefficient (Wildman–Crippen LogP) is 1.52. The van der Waals surface area contributed by atoms with E-state index in [0.29, 0.717) is 6.61 Å². The highest BCUT2D eigenvalue weighted by atomic mass is 16.7. The maximum atomic E-state index is 5.28. The van der Waals surface area contributed by atoms with Crippen molar-refractivity contribution in [2.75, 3.05) is 13.2 Å². The molecular formula is C8H13O2-. The van der Waals surface area contributed by atoms with E-state index in [1.807, 2.05) is 0 Å². The van der Waals surface area contributed by atoms with Crippen LogP contribution in [0.4, 0.5) is 0 Å². The highest BCUT2D eigenvalue weighted by Crippen LogP contribution is 2.13. The van der Waals surface area contributed by atoms with E-state index in [-0.39, 0.29) is 6.29 Å². The lowest BCUT2D eigenvalue weighted by Gasteiger charge is -2.22. The third-order valence-corrected chi connectivity index (χ3v) is 1.52. The Morgan fingerprint density at radius 2 is 2.50 bits per heavy atom. The molecule has 1 fully saturated rings. The van der Waals surface area contributed by atoms with Crippen LogP contribution in [0.5, 0.6) is 0 Å². The lowest BCUT2D eigenvalue weighted by atomic mass is 10.2. The molecule has 2 nitrogen and oxygen atoms in total. The first-order valence-electron chi connectivity index (χ1n) is 3.70. The van der Waals surface area contributed by atoms with Gasteiger partial charge in [0, 0.05) is 13.2 Å². The largest absolute Gasteiger partial charge is 0.516 e. The van der Waals surface area contributed by atoms with Crippen LogP contribution in [-0.4, -0.2) is 19.5 Å². The smallest absolute Gasteiger partial charge is 0.157 e. The molecule has 1 unspecified atom stereocenters. The van der Waals surface area contributed by atoms with Gasteiger partial charge in [0.25, 0.3) is 0 Å². The molecule has 0 aromatic rings. The molecule has 0 saturated carbocycles. The van der Waals surface area contributed by atoms with Crippen molar-refractivity contribution < 1.29 is 9.47 Å². The first-order chi connectivity index (χ1) is 4.93. The topological polar surface area (TPSA) is 18.5 Å². The summed E-state index contributed by atoms with van der Waals surface area (Å²) in [4.78, 5) is 0. The molecule has 1 heterocycles. The third-order valence-electron chi connectivity index (χ3n) is 1.52. The zero-order valence-corrected chi connectivity index (χ0v) is 6.08. The van der Waals surface area contributed by atoms with Gasteiger partial charge in [-0.2, -0.15) is 0 Å². The Hall–Kier alpha value is -0.340. The molecule has 1 atom stereocenters. The highest BCUT2D eigenvalue weighted by Gasteiger charge is 2.11. The fourth-order valence-corrected chi connectivity index (χ4v) is 1.01. The first kappa shape index (κ1) is 7.76. The van der Waals surface area contributed by atoms with Crippen molar-refractivity contribution in [1.29, 1.82) is 0 Å². The monoisotopic (exact) mass is 141 g/mol. The molecule has 1 saturated heterocycles. The zero-order chi connectivity index (χ0) is 7.23. The second-order valence-corrected chi connectivity index (χ2v) is 2.37. The SMILES string of the molecule is [CH-]=CCOC1CCCCO1. The van der Waals surface area contributed by atoms with Crippen LogP contribution in [0.15, 0.2) is 6.08 Å². The number of hydrogen-bond acceptors (Lipinski definition) is 2. The van der Waals surface area contributed by atoms with Gasteiger partial charge in [0.2, 0.25) is 0 Å². The minimum absolute atomic E-state index is 0.00597. The van der Waals surface area contributed by atoms with Crippen LogP contribution in [0.1, 0.15) is 19.3 Å². The molecule has 0 bridgehead atoms. The van der Waals surface area contributed by atoms with Crippen molar-refractivity contribution in [3.63, 3.8) is 0 Å². The van der Waals surface area contributed by atoms with Gasteiger partial charge in [-0.05, 0) is 19.3 Å². The van der Waals surface area contributed by atoms with Gasteiger partial charge in [-0.3, -0.25) is 0 Å². The fourth-order valence-electron chi connectivity index (χ4n) is 1.01. The summed E-state index contributed by atoms with van der Waals surface area (Å²) >= 11 is 0. The van der Waals surface area contributed by atoms with Gasteiger partial charge >= 0.3 is 0 Å². The molecule has 2 heteroatoms. The van der Waals surface area contributed by atoms with Crippen molar-refractivity contribution >= 4 is 0 Å². The predicted molar refractivity (Wildman–Crippen MR) is 38.4 cm³/mol. The molecule has 0 aliphatic carbocycles. The average molecular weight is 141 g/mol. The van der Waals surface area contributed by atoms with E-state index in [4.69, 9.17) is 16.1 Å². The van der Waals surface area contributed by atoms with Crippen LogP contribution in [-0.2, 0) is 9.47 Å². The Bertz CT molecular complexity index is 95.4. The summed E-state index contributed by atoms with van der Waals surface area (Å²) in [6.45, 7) is 6.46. The molecule has 58 valence electrons. The van der Waals surface area contributed by atoms with E-state index in [1.54, 1.807) is 0 Å². The summed E-state index contributed by atoms with van der Waals surface area (Å²) in [5.41, 5.74) is 0. The Labute approximate surface area is 61.8 Å². The molecule has 0 N–H and O–H groups in total. The molecule has 1 aliphatic heterocycles. The van der Waals surface area contributed by atoms with E-state index >= 15 is 0 Å². The quantitative estimate of drug-likeness (QED) is 0.555. The second-order valence-electron chi connectivity index (χ2n) is 2.37. The summed E-state index contributed by atoms with van der Waals surface area (Å²) in [5.74, 6) is 0. The number of hydrogen-bond donors (Lipinski definition) is 0. The van der Waals surface area contributed by atoms with E-state index in [9.17, 15) is 0 Å². The Morgan fingerprint density at radius 1 is 1.60 bits per heavy atom. The summed E-state index contributed by atoms with van der Waals surface area (Å²) in [5, 5.41) is 0. The Balaban J connectivity index is 2.07. The molecular weight excluding hydrogens is 128 g/mol. The van der Waals surface area contributed by atoms with Crippen LogP contribution in [0.3, 0.4) is 0 Å². The van der Waals surface area contributed by atoms with Crippen molar-refractivity contribution in [3.8, 4) is 0 Å². The summed E-state index contributed by atoms with van der Waals surface area (Å²) in [6.07, 6.45) is 4.86. The number of rotatable bonds is 3. The maximum absolute atomic E-state index is 5.28. The lowest BCUT2D eigenvalue weighted by Crippen LogP contribution is -2.22. The van der Waals surface area contributed by atoms with Crippen molar-refractivity contribution in [2.45, 2.75) is 25.6 Å². The van der Waals surface area contributed by atoms with Crippen molar-refractivity contribution in [1.82, 2.24) is 0 Å². The molecule has 0 radical (unpaired) electrons. The maximum Gasteiger partial charge on any atom is 0.157 e. The summed E-state index contributed by atoms with van der Waals surface area (Å²) in [6, 6.07) is 0. The van der Waals surface area contributed by atoms with E-state index in [2.05, 4.69) is 0 Å². The third kappa shape index (κ3) is 2.50. The van der Waals surface area contributed by atoms with E-state index < -0.39 is 0 Å². The van der Waals surface area contributed by atoms with Gasteiger partial charge in [-0.15, -0.1) is 0 Å². The zero-order valence-electron chi connectivity index (χ0n) is 6.08. The van der Waals surface area contributed by atoms with Gasteiger partial charge in [-0.1, -0.05) is 0 Å². The minimum Gasteiger partial charge on any atom is -0.516 e. The molecule has 0 spiro atoms. The van der Waals surface area contributed by atoms with E-state index in [0.717, 1.165) is 19.4 Å². The average Bonchev–Trinajstić information content (AvgIpc) is 2.03. The standard InChI is InChI=1S/C8H13O2/c1-2-6-9-8-5-3-4-7-10-8/h1-2,8H,3-7H2/q-1. The molecule has 1 rings (SSSR count). The van der Waals surface area contributed by atoms with Crippen molar-refractivity contribution in [3.05, 3.63) is 12.7 Å². The molecule has 1 aliphatic rings. The normalized spacial score (nSPS) is 26.2. The van der Waals surface area contributed by atoms with Gasteiger partial charge in [0.15, 0.2) is 6.29 Å². The van der Waals surface area contributed by atoms with Gasteiger partial charge in [0.1, 0.15) is 0 Å². The van der Waals surface area contributed by atoms with Crippen molar-refractivity contribution in [2.24, 2.45) is 0 Å². The van der Waals surface area contributed by atoms with Gasteiger partial charge in [-0.25, -0.2) is 6.08 Å². The summed E-state index contributed by atoms with van der Waals surface area (Å²) in [7, 11) is 0. The molecule has 10 heavy (non-hydrogen) atoms. The first-order valence-corrected chi connectivity index (χ1v) is 3.70. The molecule has 0 aromatic carbocycles. The lowest BCUT2D eigenvalue weighted by molar-refractivity contribution is -0.155. The Morgan fingerprint density at radius 3 is 3.10 bits per heavy atom. The van der Waals surface area contributed by atoms with E-state index in [1.165, 1.54) is 12.5 Å². The van der Waals surface area contributed by atoms with Gasteiger partial charge < -0.3 is 16.1 Å². The van der Waals surface area contributed by atoms with Gasteiger partial charge in [0.05, 0.1) is 0 Å². The highest BCUT2D eigenvalue weighted by molar-refractivity contribution is 4.62. The fraction of sp³-hybridized carbons (Fsp3) is 0.750. The minimum atomic E-state index is -0.00597. The van der Waals surface area contributed by atoms with Crippen LogP contribution in [0, 0.1) is 6.58 Å².